The summed E-state index contributed by atoms with van der Waals surface area (Å²) >= 11 is 0. The molecule has 1 saturated heterocycles. The monoisotopic (exact) mass is 286 g/mol. The quantitative estimate of drug-likeness (QED) is 0.684. The molecule has 1 rings (SSSR count). The minimum atomic E-state index is -0.756. The number of carbonyl (C=O) groups excluding carboxylic acids is 3. The van der Waals surface area contributed by atoms with Gasteiger partial charge >= 0.3 is 18.2 Å². The van der Waals surface area contributed by atoms with E-state index in [1.807, 2.05) is 0 Å². The third kappa shape index (κ3) is 4.40. The molecule has 0 unspecified atom stereocenters. The van der Waals surface area contributed by atoms with Gasteiger partial charge in [-0.1, -0.05) is 0 Å². The highest BCUT2D eigenvalue weighted by Gasteiger charge is 2.40. The molecule has 0 radical (unpaired) electrons. The van der Waals surface area contributed by atoms with Crippen LogP contribution in [0.3, 0.4) is 0 Å². The Kier molecular flexibility index (Phi) is 4.31. The van der Waals surface area contributed by atoms with E-state index in [0.29, 0.717) is 0 Å². The van der Waals surface area contributed by atoms with Crippen LogP contribution >= 0.6 is 0 Å². The maximum atomic E-state index is 12.0. The molecule has 0 N–H and O–H groups in total. The first kappa shape index (κ1) is 16.3. The van der Waals surface area contributed by atoms with Gasteiger partial charge in [-0.2, -0.15) is 0 Å². The maximum Gasteiger partial charge on any atom is 0.418 e. The summed E-state index contributed by atoms with van der Waals surface area (Å²) in [5, 5.41) is 0. The van der Waals surface area contributed by atoms with Crippen molar-refractivity contribution >= 4 is 18.2 Å². The van der Waals surface area contributed by atoms with Crippen LogP contribution in [0, 0.1) is 0 Å². The molecule has 0 aromatic carbocycles. The largest absolute Gasteiger partial charge is 0.443 e. The van der Waals surface area contributed by atoms with Crippen molar-refractivity contribution in [3.8, 4) is 0 Å². The summed E-state index contributed by atoms with van der Waals surface area (Å²) in [5.74, 6) is 0. The zero-order chi connectivity index (χ0) is 15.7. The fourth-order valence-corrected chi connectivity index (χ4v) is 1.51. The van der Waals surface area contributed by atoms with Crippen LogP contribution in [0.15, 0.2) is 0 Å². The smallest absolute Gasteiger partial charge is 0.418 e. The number of ether oxygens (including phenoxy) is 2. The van der Waals surface area contributed by atoms with Crippen molar-refractivity contribution < 1.29 is 23.9 Å². The van der Waals surface area contributed by atoms with Crippen LogP contribution in [0.2, 0.25) is 0 Å². The van der Waals surface area contributed by atoms with Gasteiger partial charge in [0.25, 0.3) is 0 Å². The fourth-order valence-electron chi connectivity index (χ4n) is 1.51. The molecular weight excluding hydrogens is 264 g/mol. The second-order valence-electron chi connectivity index (χ2n) is 6.55. The predicted molar refractivity (Wildman–Crippen MR) is 71.3 cm³/mol. The molecule has 1 aliphatic heterocycles. The SMILES string of the molecule is CC(C)(C)OC(=O)N1CCN(C(=O)OC(C)(C)C)C1=O. The molecule has 0 atom stereocenters. The average molecular weight is 286 g/mol. The van der Waals surface area contributed by atoms with E-state index in [2.05, 4.69) is 0 Å². The van der Waals surface area contributed by atoms with Gasteiger partial charge in [-0.3, -0.25) is 0 Å². The predicted octanol–water partition coefficient (Wildman–Crippen LogP) is 2.59. The van der Waals surface area contributed by atoms with Crippen molar-refractivity contribution in [2.75, 3.05) is 13.1 Å². The summed E-state index contributed by atoms with van der Waals surface area (Å²) in [6, 6.07) is -0.714. The van der Waals surface area contributed by atoms with Crippen molar-refractivity contribution in [2.45, 2.75) is 52.7 Å². The molecule has 0 saturated carbocycles. The lowest BCUT2D eigenvalue weighted by Gasteiger charge is -2.24. The number of rotatable bonds is 0. The van der Waals surface area contributed by atoms with Crippen LogP contribution in [0.1, 0.15) is 41.5 Å². The second kappa shape index (κ2) is 5.30. The molecule has 7 nitrogen and oxygen atoms in total. The molecule has 114 valence electrons. The lowest BCUT2D eigenvalue weighted by molar-refractivity contribution is 0.0308. The lowest BCUT2D eigenvalue weighted by atomic mass is 10.2. The van der Waals surface area contributed by atoms with E-state index in [0.717, 1.165) is 9.80 Å². The molecule has 7 heteroatoms. The number of carbonyl (C=O) groups is 3. The first-order chi connectivity index (χ1) is 8.91. The first-order valence-electron chi connectivity index (χ1n) is 6.46. The van der Waals surface area contributed by atoms with Gasteiger partial charge in [0.15, 0.2) is 0 Å². The van der Waals surface area contributed by atoms with E-state index in [4.69, 9.17) is 9.47 Å². The summed E-state index contributed by atoms with van der Waals surface area (Å²) in [6.07, 6.45) is -1.51. The standard InChI is InChI=1S/C13H22N2O5/c1-12(2,3)19-10(17)14-7-8-15(9(14)16)11(18)20-13(4,5)6/h7-8H2,1-6H3. The van der Waals surface area contributed by atoms with Crippen LogP contribution < -0.4 is 0 Å². The van der Waals surface area contributed by atoms with E-state index in [9.17, 15) is 14.4 Å². The van der Waals surface area contributed by atoms with Gasteiger partial charge in [-0.25, -0.2) is 24.2 Å². The van der Waals surface area contributed by atoms with E-state index >= 15 is 0 Å². The molecule has 1 heterocycles. The van der Waals surface area contributed by atoms with Crippen LogP contribution in [0.25, 0.3) is 0 Å². The summed E-state index contributed by atoms with van der Waals surface area (Å²) in [7, 11) is 0. The summed E-state index contributed by atoms with van der Waals surface area (Å²) in [4.78, 5) is 37.5. The van der Waals surface area contributed by atoms with Gasteiger partial charge < -0.3 is 9.47 Å². The minimum Gasteiger partial charge on any atom is -0.443 e. The number of imide groups is 2. The molecule has 0 bridgehead atoms. The van der Waals surface area contributed by atoms with Gasteiger partial charge in [0.1, 0.15) is 11.2 Å². The number of hydrogen-bond donors (Lipinski definition) is 0. The summed E-state index contributed by atoms with van der Waals surface area (Å²) in [6.45, 7) is 10.4. The normalized spacial score (nSPS) is 16.4. The van der Waals surface area contributed by atoms with Gasteiger partial charge in [-0.05, 0) is 41.5 Å². The summed E-state index contributed by atoms with van der Waals surface area (Å²) in [5.41, 5.74) is -1.40. The first-order valence-corrected chi connectivity index (χ1v) is 6.46. The van der Waals surface area contributed by atoms with E-state index in [1.54, 1.807) is 41.5 Å². The zero-order valence-corrected chi connectivity index (χ0v) is 12.8. The van der Waals surface area contributed by atoms with Crippen molar-refractivity contribution in [1.29, 1.82) is 0 Å². The Balaban J connectivity index is 2.69. The molecule has 0 spiro atoms. The average Bonchev–Trinajstić information content (AvgIpc) is 2.54. The molecule has 20 heavy (non-hydrogen) atoms. The van der Waals surface area contributed by atoms with E-state index in [-0.39, 0.29) is 13.1 Å². The molecule has 0 aromatic heterocycles. The van der Waals surface area contributed by atoms with Crippen LogP contribution in [0.4, 0.5) is 14.4 Å². The molecular formula is C13H22N2O5. The van der Waals surface area contributed by atoms with Gasteiger partial charge in [0.05, 0.1) is 13.1 Å². The highest BCUT2D eigenvalue weighted by molar-refractivity contribution is 6.00. The molecule has 1 aliphatic rings. The maximum absolute atomic E-state index is 12.0. The topological polar surface area (TPSA) is 76.2 Å². The third-order valence-corrected chi connectivity index (χ3v) is 2.24. The van der Waals surface area contributed by atoms with Crippen molar-refractivity contribution in [3.63, 3.8) is 0 Å². The number of hydrogen-bond acceptors (Lipinski definition) is 5. The molecule has 4 amide bonds. The van der Waals surface area contributed by atoms with Crippen LogP contribution in [-0.4, -0.2) is 52.3 Å². The van der Waals surface area contributed by atoms with Crippen LogP contribution in [0.5, 0.6) is 0 Å². The Morgan fingerprint density at radius 1 is 0.850 bits per heavy atom. The lowest BCUT2D eigenvalue weighted by Crippen LogP contribution is -2.43. The van der Waals surface area contributed by atoms with Crippen molar-refractivity contribution in [1.82, 2.24) is 9.80 Å². The Morgan fingerprint density at radius 2 is 1.15 bits per heavy atom. The third-order valence-electron chi connectivity index (χ3n) is 2.24. The van der Waals surface area contributed by atoms with E-state index in [1.165, 1.54) is 0 Å². The Labute approximate surface area is 118 Å². The Morgan fingerprint density at radius 3 is 1.40 bits per heavy atom. The van der Waals surface area contributed by atoms with Crippen molar-refractivity contribution in [3.05, 3.63) is 0 Å². The number of urea groups is 1. The van der Waals surface area contributed by atoms with Gasteiger partial charge in [0, 0.05) is 0 Å². The molecule has 0 aromatic rings. The second-order valence-corrected chi connectivity index (χ2v) is 6.55. The highest BCUT2D eigenvalue weighted by atomic mass is 16.6. The minimum absolute atomic E-state index is 0.104. The zero-order valence-electron chi connectivity index (χ0n) is 12.8. The number of amides is 4. The van der Waals surface area contributed by atoms with Crippen LogP contribution in [-0.2, 0) is 9.47 Å². The summed E-state index contributed by atoms with van der Waals surface area (Å²) < 4.78 is 10.2. The Bertz CT molecular complexity index is 381. The molecule has 0 aliphatic carbocycles. The van der Waals surface area contributed by atoms with Crippen molar-refractivity contribution in [2.24, 2.45) is 0 Å². The molecule has 1 fully saturated rings. The van der Waals surface area contributed by atoms with Gasteiger partial charge in [0.2, 0.25) is 0 Å². The highest BCUT2D eigenvalue weighted by Crippen LogP contribution is 2.18. The van der Waals surface area contributed by atoms with Gasteiger partial charge in [-0.15, -0.1) is 0 Å². The van der Waals surface area contributed by atoms with E-state index < -0.39 is 29.4 Å². The number of nitrogens with zero attached hydrogens (tertiary/aromatic N) is 2. The Hall–Kier alpha value is -1.79. The fraction of sp³-hybridized carbons (Fsp3) is 0.769.